The molecule has 1 heterocycles. The normalized spacial score (nSPS) is 16.1. The van der Waals surface area contributed by atoms with Gasteiger partial charge in [0.1, 0.15) is 0 Å². The number of allylic oxidation sites excluding steroid dienone is 1. The van der Waals surface area contributed by atoms with Crippen LogP contribution in [0.4, 0.5) is 0 Å². The minimum Gasteiger partial charge on any atom is -0.381 e. The van der Waals surface area contributed by atoms with Crippen molar-refractivity contribution in [2.75, 3.05) is 53.9 Å². The highest BCUT2D eigenvalue weighted by molar-refractivity contribution is 4.88. The lowest BCUT2D eigenvalue weighted by molar-refractivity contribution is 0.145. The zero-order chi connectivity index (χ0) is 17.7. The van der Waals surface area contributed by atoms with Crippen LogP contribution in [0.15, 0.2) is 12.3 Å². The van der Waals surface area contributed by atoms with Crippen molar-refractivity contribution in [3.8, 4) is 0 Å². The highest BCUT2D eigenvalue weighted by Crippen LogP contribution is 2.18. The predicted molar refractivity (Wildman–Crippen MR) is 105 cm³/mol. The van der Waals surface area contributed by atoms with Gasteiger partial charge in [-0.25, -0.2) is 0 Å². The summed E-state index contributed by atoms with van der Waals surface area (Å²) in [6.07, 6.45) is 8.04. The maximum Gasteiger partial charge on any atom is 0.0110 e. The third kappa shape index (κ3) is 11.6. The maximum atomic E-state index is 3.80. The Morgan fingerprint density at radius 1 is 0.957 bits per heavy atom. The second-order valence-electron chi connectivity index (χ2n) is 7.19. The number of hydrogen-bond donors (Lipinski definition) is 0. The zero-order valence-electron chi connectivity index (χ0n) is 16.9. The molecule has 0 saturated carbocycles. The van der Waals surface area contributed by atoms with E-state index in [0.29, 0.717) is 0 Å². The molecule has 1 aliphatic rings. The van der Waals surface area contributed by atoms with Crippen LogP contribution in [0.3, 0.4) is 0 Å². The molecule has 0 aromatic rings. The Balaban J connectivity index is 0.000000585. The van der Waals surface area contributed by atoms with Crippen LogP contribution in [0.5, 0.6) is 0 Å². The van der Waals surface area contributed by atoms with Gasteiger partial charge in [0.2, 0.25) is 0 Å². The van der Waals surface area contributed by atoms with Crippen LogP contribution in [-0.4, -0.2) is 68.6 Å². The lowest BCUT2D eigenvalue weighted by Gasteiger charge is -2.33. The number of rotatable bonds is 9. The Labute approximate surface area is 146 Å². The minimum absolute atomic E-state index is 0.981. The van der Waals surface area contributed by atoms with Gasteiger partial charge in [0.25, 0.3) is 0 Å². The molecule has 3 heteroatoms. The fourth-order valence-corrected chi connectivity index (χ4v) is 3.00. The molecule has 0 aliphatic carbocycles. The van der Waals surface area contributed by atoms with Crippen LogP contribution >= 0.6 is 0 Å². The van der Waals surface area contributed by atoms with Crippen LogP contribution in [0.1, 0.15) is 59.3 Å². The summed E-state index contributed by atoms with van der Waals surface area (Å²) < 4.78 is 0. The van der Waals surface area contributed by atoms with Crippen molar-refractivity contribution in [3.63, 3.8) is 0 Å². The first-order valence-corrected chi connectivity index (χ1v) is 9.70. The smallest absolute Gasteiger partial charge is 0.0110 e. The quantitative estimate of drug-likeness (QED) is 0.625. The van der Waals surface area contributed by atoms with E-state index in [1.54, 1.807) is 0 Å². The molecule has 1 fully saturated rings. The van der Waals surface area contributed by atoms with Crippen LogP contribution in [0.25, 0.3) is 0 Å². The molecule has 0 spiro atoms. The van der Waals surface area contributed by atoms with Crippen molar-refractivity contribution in [2.24, 2.45) is 5.92 Å². The summed E-state index contributed by atoms with van der Waals surface area (Å²) in [7, 11) is 6.24. The van der Waals surface area contributed by atoms with Gasteiger partial charge in [-0.3, -0.25) is 0 Å². The van der Waals surface area contributed by atoms with Crippen LogP contribution in [-0.2, 0) is 0 Å². The number of likely N-dealkylation sites (N-methyl/N-ethyl adjacent to an activating group) is 1. The second kappa shape index (κ2) is 13.9. The average molecular weight is 326 g/mol. The van der Waals surface area contributed by atoms with E-state index in [1.807, 2.05) is 19.0 Å². The molecule has 1 rings (SSSR count). The van der Waals surface area contributed by atoms with E-state index in [-0.39, 0.29) is 0 Å². The van der Waals surface area contributed by atoms with Gasteiger partial charge in [0.15, 0.2) is 0 Å². The average Bonchev–Trinajstić information content (AvgIpc) is 2.54. The number of nitrogens with zero attached hydrogens (tertiary/aromatic N) is 3. The van der Waals surface area contributed by atoms with Crippen LogP contribution in [0, 0.1) is 5.92 Å². The molecule has 3 nitrogen and oxygen atoms in total. The largest absolute Gasteiger partial charge is 0.381 e. The molecule has 0 aromatic heterocycles. The molecule has 0 radical (unpaired) electrons. The second-order valence-corrected chi connectivity index (χ2v) is 7.19. The number of piperazine rings is 1. The molecule has 23 heavy (non-hydrogen) atoms. The van der Waals surface area contributed by atoms with E-state index < -0.39 is 0 Å². The Morgan fingerprint density at radius 3 is 1.83 bits per heavy atom. The fourth-order valence-electron chi connectivity index (χ4n) is 3.00. The van der Waals surface area contributed by atoms with Crippen molar-refractivity contribution in [1.82, 2.24) is 14.7 Å². The molecule has 138 valence electrons. The van der Waals surface area contributed by atoms with E-state index in [1.165, 1.54) is 70.5 Å². The van der Waals surface area contributed by atoms with Gasteiger partial charge in [0.05, 0.1) is 0 Å². The summed E-state index contributed by atoms with van der Waals surface area (Å²) in [4.78, 5) is 7.12. The van der Waals surface area contributed by atoms with Crippen molar-refractivity contribution >= 4 is 0 Å². The molecule has 0 atom stereocenters. The Morgan fingerprint density at radius 2 is 1.48 bits per heavy atom. The van der Waals surface area contributed by atoms with Gasteiger partial charge in [-0.15, -0.1) is 0 Å². The maximum absolute atomic E-state index is 3.80. The van der Waals surface area contributed by atoms with Crippen molar-refractivity contribution < 1.29 is 0 Å². The zero-order valence-corrected chi connectivity index (χ0v) is 16.9. The number of hydrogen-bond acceptors (Lipinski definition) is 3. The Hall–Kier alpha value is -0.540. The van der Waals surface area contributed by atoms with Crippen molar-refractivity contribution in [1.29, 1.82) is 0 Å². The summed E-state index contributed by atoms with van der Waals surface area (Å²) >= 11 is 0. The first-order valence-electron chi connectivity index (χ1n) is 9.70. The first kappa shape index (κ1) is 22.5. The van der Waals surface area contributed by atoms with Crippen molar-refractivity contribution in [2.45, 2.75) is 59.3 Å². The molecule has 0 N–H and O–H groups in total. The molecule has 0 amide bonds. The van der Waals surface area contributed by atoms with E-state index in [4.69, 9.17) is 0 Å². The fraction of sp³-hybridized carbons (Fsp3) is 0.900. The van der Waals surface area contributed by atoms with E-state index in [9.17, 15) is 0 Å². The van der Waals surface area contributed by atoms with Gasteiger partial charge in [-0.1, -0.05) is 53.0 Å². The monoisotopic (exact) mass is 325 g/mol. The van der Waals surface area contributed by atoms with E-state index in [2.05, 4.69) is 44.2 Å². The lowest BCUT2D eigenvalue weighted by Crippen LogP contribution is -2.44. The molecular weight excluding hydrogens is 282 g/mol. The Kier molecular flexibility index (Phi) is 13.5. The molecular formula is C20H43N3. The molecule has 0 aromatic carbocycles. The van der Waals surface area contributed by atoms with Gasteiger partial charge in [-0.05, 0) is 32.4 Å². The van der Waals surface area contributed by atoms with Crippen molar-refractivity contribution in [3.05, 3.63) is 12.3 Å². The summed E-state index contributed by atoms with van der Waals surface area (Å²) in [6, 6.07) is 0. The molecule has 1 aliphatic heterocycles. The highest BCUT2D eigenvalue weighted by Gasteiger charge is 2.15. The highest BCUT2D eigenvalue weighted by atomic mass is 15.2. The summed E-state index contributed by atoms with van der Waals surface area (Å²) in [6.45, 7) is 16.9. The summed E-state index contributed by atoms with van der Waals surface area (Å²) in [5, 5.41) is 0. The molecule has 0 unspecified atom stereocenters. The predicted octanol–water partition coefficient (Wildman–Crippen LogP) is 4.31. The van der Waals surface area contributed by atoms with Crippen LogP contribution < -0.4 is 0 Å². The van der Waals surface area contributed by atoms with E-state index >= 15 is 0 Å². The van der Waals surface area contributed by atoms with Gasteiger partial charge in [-0.2, -0.15) is 0 Å². The SMILES string of the molecule is C=C(CC)N(C)C.CCCC(CCC)CCN1CCN(C)CC1. The molecule has 1 saturated heterocycles. The third-order valence-corrected chi connectivity index (χ3v) is 4.88. The van der Waals surface area contributed by atoms with Gasteiger partial charge < -0.3 is 14.7 Å². The topological polar surface area (TPSA) is 9.72 Å². The Bertz CT molecular complexity index is 275. The first-order chi connectivity index (χ1) is 10.9. The molecule has 0 bridgehead atoms. The van der Waals surface area contributed by atoms with Gasteiger partial charge in [0, 0.05) is 46.0 Å². The lowest BCUT2D eigenvalue weighted by atomic mass is 9.94. The van der Waals surface area contributed by atoms with Gasteiger partial charge >= 0.3 is 0 Å². The minimum atomic E-state index is 0.981. The van der Waals surface area contributed by atoms with Crippen LogP contribution in [0.2, 0.25) is 0 Å². The van der Waals surface area contributed by atoms with E-state index in [0.717, 1.165) is 12.3 Å². The third-order valence-electron chi connectivity index (χ3n) is 4.88. The standard InChI is InChI=1S/C14H30N2.C6H13N/c1-4-6-14(7-5-2)8-9-16-12-10-15(3)11-13-16;1-5-6(2)7(3)4/h14H,4-13H2,1-3H3;2,5H2,1,3-4H3. The summed E-state index contributed by atoms with van der Waals surface area (Å²) in [5.41, 5.74) is 1.18. The summed E-state index contributed by atoms with van der Waals surface area (Å²) in [5.74, 6) is 0.981.